The molecule has 0 saturated heterocycles. The maximum absolute atomic E-state index is 8.06. The second kappa shape index (κ2) is 598. The maximum atomic E-state index is 8.06. The van der Waals surface area contributed by atoms with Crippen LogP contribution in [0.3, 0.4) is 0 Å². The summed E-state index contributed by atoms with van der Waals surface area (Å²) in [5.41, 5.74) is 29.8. The summed E-state index contributed by atoms with van der Waals surface area (Å²) in [5, 5.41) is 8.06. The minimum Gasteiger partial charge on any atom is -0.394 e. The highest BCUT2D eigenvalue weighted by atomic mass is 16.3. The van der Waals surface area contributed by atoms with E-state index in [4.69, 9.17) is 62.6 Å². The van der Waals surface area contributed by atoms with Gasteiger partial charge in [0, 0.05) is 6.10 Å². The number of hydrogen-bond acceptors (Lipinski definition) is 25. The summed E-state index contributed by atoms with van der Waals surface area (Å²) >= 11 is 0. The molecule has 0 unspecified atom stereocenters. The van der Waals surface area contributed by atoms with Crippen molar-refractivity contribution in [2.75, 3.05) is 42.3 Å². The van der Waals surface area contributed by atoms with Gasteiger partial charge in [0.25, 0.3) is 0 Å². The van der Waals surface area contributed by atoms with Gasteiger partial charge in [0.2, 0.25) is 0 Å². The molecule has 0 aliphatic heterocycles. The summed E-state index contributed by atoms with van der Waals surface area (Å²) in [7, 11) is 9.00. The van der Waals surface area contributed by atoms with Gasteiger partial charge in [-0.15, -0.1) is 0 Å². The predicted molar refractivity (Wildman–Crippen MR) is 407 cm³/mol. The Balaban J connectivity index is -0.0000000120. The molecular formula is C64H170N12O13. The monoisotopic (exact) mass is 1320 g/mol. The van der Waals surface area contributed by atoms with Crippen LogP contribution in [0.1, 0.15) is 197 Å². The Morgan fingerprint density at radius 2 is 0.337 bits per heavy atom. The van der Waals surface area contributed by atoms with Gasteiger partial charge in [-0.2, -0.15) is 0 Å². The number of aliphatic hydroxyl groups excluding tert-OH is 1. The molecule has 89 heavy (non-hydrogen) atoms. The van der Waals surface area contributed by atoms with Crippen molar-refractivity contribution in [1.29, 1.82) is 0 Å². The highest BCUT2D eigenvalue weighted by molar-refractivity contribution is 5.15. The fraction of sp³-hybridized carbons (Fsp3) is 0.625. The quantitative estimate of drug-likeness (QED) is 0.132. The van der Waals surface area contributed by atoms with Crippen molar-refractivity contribution in [2.24, 2.45) is 58.1 Å². The molecule has 2 rings (SSSR count). The third-order valence-electron chi connectivity index (χ3n) is 4.95. The lowest BCUT2D eigenvalue weighted by molar-refractivity contribution is -0.0987. The van der Waals surface area contributed by atoms with E-state index in [2.05, 4.69) is 180 Å². The summed E-state index contributed by atoms with van der Waals surface area (Å²) in [5.74, 6) is 3.49. The third-order valence-corrected chi connectivity index (χ3v) is 4.95. The van der Waals surface area contributed by atoms with Crippen LogP contribution in [0.4, 0.5) is 0 Å². The SMILES string of the molecule is C=O.C=O.C=O.C=O.C=O.C=O.C=O.C=O.C=O.C=O.C=O.C=O.CC.CC.CC.CC.CC(C)C.CC(C)O.CCC(C)C.CCC(C)C.CCC(C)C.CCc1ccccc1.CCc1ccccc1.CN.CN.CN.CN.CN.CN.N.N.N.N.N.N. The number of hydrogen-bond donors (Lipinski definition) is 13. The molecule has 31 N–H and O–H groups in total. The molecule has 564 valence electrons. The van der Waals surface area contributed by atoms with Crippen LogP contribution in [0.25, 0.3) is 0 Å². The molecule has 0 spiro atoms. The maximum Gasteiger partial charge on any atom is 0.106 e. The summed E-state index contributed by atoms with van der Waals surface area (Å²) in [6, 6.07) is 20.9. The molecule has 25 nitrogen and oxygen atoms in total. The highest BCUT2D eigenvalue weighted by Crippen LogP contribution is 1.98. The standard InChI is InChI=1S/2C8H10.3C5H12.C4H10.C3H8O.4C2H6.6CH5N.12CH2O.6H3N/c2*1-2-8-6-4-3-5-7-8;3*1-4-5(2)3;1-4(2)3;1-3(2)4;22*1-2;;;;;;/h2*3-7H,2H2,1H3;3*5H,4H2,1-3H3;4H,1-3H3;3-4H,1-2H3;4*1-2H3;6*2H2,1H3;12*1H2;6*1H3. The number of benzene rings is 2. The largest absolute Gasteiger partial charge is 0.394 e. The van der Waals surface area contributed by atoms with Crippen LogP contribution in [-0.2, 0) is 70.4 Å². The number of aryl methyl sites for hydroxylation is 2. The van der Waals surface area contributed by atoms with E-state index in [0.29, 0.717) is 0 Å². The van der Waals surface area contributed by atoms with E-state index in [1.807, 2.05) is 149 Å². The lowest BCUT2D eigenvalue weighted by atomic mass is 10.2. The smallest absolute Gasteiger partial charge is 0.106 e. The molecular weight excluding hydrogens is 1140 g/mol. The number of aliphatic hydroxyl groups is 1. The molecule has 0 atom stereocenters. The van der Waals surface area contributed by atoms with Gasteiger partial charge in [-0.1, -0.05) is 232 Å². The van der Waals surface area contributed by atoms with E-state index in [9.17, 15) is 0 Å². The van der Waals surface area contributed by atoms with Crippen molar-refractivity contribution in [3.8, 4) is 0 Å². The van der Waals surface area contributed by atoms with Gasteiger partial charge >= 0.3 is 0 Å². The Morgan fingerprint density at radius 3 is 0.371 bits per heavy atom. The molecule has 0 bridgehead atoms. The normalized spacial score (nSPS) is 5.28. The van der Waals surface area contributed by atoms with Gasteiger partial charge in [0.05, 0.1) is 0 Å². The predicted octanol–water partition coefficient (Wildman–Crippen LogP) is 13.0. The Kier molecular flexibility index (Phi) is 1500. The molecule has 0 heterocycles. The molecule has 0 fully saturated rings. The topological polar surface area (TPSA) is 591 Å². The molecule has 0 aromatic heterocycles. The van der Waals surface area contributed by atoms with Crippen LogP contribution in [0, 0.1) is 23.7 Å². The van der Waals surface area contributed by atoms with E-state index in [1.54, 1.807) is 13.8 Å². The molecule has 2 aromatic carbocycles. The van der Waals surface area contributed by atoms with Gasteiger partial charge < -0.3 is 134 Å². The number of nitrogens with two attached hydrogens (primary N) is 6. The average molecular weight is 1320 g/mol. The molecule has 25 heteroatoms. The average Bonchev–Trinajstić information content (AvgIpc) is 3.61. The minimum absolute atomic E-state index is 0. The van der Waals surface area contributed by atoms with E-state index < -0.39 is 0 Å². The summed E-state index contributed by atoms with van der Waals surface area (Å²) in [4.78, 5) is 96.0. The minimum atomic E-state index is -0.167. The van der Waals surface area contributed by atoms with Crippen molar-refractivity contribution in [2.45, 2.75) is 204 Å². The second-order valence-corrected chi connectivity index (χ2v) is 11.9. The van der Waals surface area contributed by atoms with Crippen LogP contribution >= 0.6 is 0 Å². The molecule has 2 aromatic rings. The van der Waals surface area contributed by atoms with Crippen LogP contribution in [0.15, 0.2) is 60.7 Å². The van der Waals surface area contributed by atoms with Gasteiger partial charge in [0.15, 0.2) is 0 Å². The van der Waals surface area contributed by atoms with E-state index in [0.717, 1.165) is 36.5 Å². The van der Waals surface area contributed by atoms with Gasteiger partial charge in [0.1, 0.15) is 81.5 Å². The number of carbonyl (C=O) groups is 12. The zero-order chi connectivity index (χ0) is 75.6. The first kappa shape index (κ1) is 223. The summed E-state index contributed by atoms with van der Waals surface area (Å²) in [6.07, 6.45) is 6.03. The van der Waals surface area contributed by atoms with Gasteiger partial charge in [-0.3, -0.25) is 0 Å². The fourth-order valence-corrected chi connectivity index (χ4v) is 1.43. The second-order valence-electron chi connectivity index (χ2n) is 11.9. The number of rotatable bonds is 5. The molecule has 0 amide bonds. The zero-order valence-corrected chi connectivity index (χ0v) is 64.7. The van der Waals surface area contributed by atoms with Crippen LogP contribution in [0.5, 0.6) is 0 Å². The molecule has 0 aliphatic carbocycles. The lowest BCUT2D eigenvalue weighted by Crippen LogP contribution is -1.85. The molecule has 0 aliphatic rings. The van der Waals surface area contributed by atoms with Crippen molar-refractivity contribution in [1.82, 2.24) is 36.9 Å². The number of carbonyl (C=O) groups excluding carboxylic acids is 12. The summed E-state index contributed by atoms with van der Waals surface area (Å²) in [6.45, 7) is 74.2. The molecule has 0 saturated carbocycles. The first-order chi connectivity index (χ1) is 40.1. The van der Waals surface area contributed by atoms with E-state index in [1.165, 1.54) is 72.7 Å². The van der Waals surface area contributed by atoms with Crippen molar-refractivity contribution in [3.63, 3.8) is 0 Å². The van der Waals surface area contributed by atoms with Crippen molar-refractivity contribution >= 4 is 81.5 Å². The van der Waals surface area contributed by atoms with Crippen molar-refractivity contribution in [3.05, 3.63) is 71.8 Å². The Hall–Kier alpha value is -6.04. The van der Waals surface area contributed by atoms with Gasteiger partial charge in [-0.25, -0.2) is 0 Å². The van der Waals surface area contributed by atoms with Crippen molar-refractivity contribution < 1.29 is 62.6 Å². The first-order valence-corrected chi connectivity index (χ1v) is 26.8. The van der Waals surface area contributed by atoms with Crippen LogP contribution in [0.2, 0.25) is 0 Å². The fourth-order valence-electron chi connectivity index (χ4n) is 1.43. The third kappa shape index (κ3) is 1320. The van der Waals surface area contributed by atoms with E-state index in [-0.39, 0.29) is 43.0 Å². The van der Waals surface area contributed by atoms with Crippen LogP contribution < -0.4 is 71.3 Å². The van der Waals surface area contributed by atoms with Crippen LogP contribution in [-0.4, -0.2) is 135 Å². The Morgan fingerprint density at radius 1 is 0.270 bits per heavy atom. The van der Waals surface area contributed by atoms with E-state index >= 15 is 0 Å². The Bertz CT molecular complexity index is 771. The highest BCUT2D eigenvalue weighted by Gasteiger charge is 1.82. The summed E-state index contributed by atoms with van der Waals surface area (Å²) < 4.78 is 0. The van der Waals surface area contributed by atoms with Gasteiger partial charge in [-0.05, 0) is 104 Å². The zero-order valence-electron chi connectivity index (χ0n) is 64.7. The first-order valence-electron chi connectivity index (χ1n) is 26.8. The molecule has 0 radical (unpaired) electrons. The lowest BCUT2D eigenvalue weighted by Gasteiger charge is -1.90. The Labute approximate surface area is 555 Å².